The summed E-state index contributed by atoms with van der Waals surface area (Å²) in [5.74, 6) is 0. The fraction of sp³-hybridized carbons (Fsp3) is 0.412. The average molecular weight is 315 g/mol. The van der Waals surface area contributed by atoms with Crippen LogP contribution in [-0.4, -0.2) is 47.3 Å². The molecule has 1 fully saturated rings. The van der Waals surface area contributed by atoms with E-state index in [1.165, 1.54) is 4.68 Å². The number of methoxy groups -OCH3 is 1. The van der Waals surface area contributed by atoms with E-state index < -0.39 is 0 Å². The predicted molar refractivity (Wildman–Crippen MR) is 87.7 cm³/mol. The minimum atomic E-state index is -0.149. The van der Waals surface area contributed by atoms with Gasteiger partial charge in [-0.25, -0.2) is 4.68 Å². The van der Waals surface area contributed by atoms with Gasteiger partial charge in [0.05, 0.1) is 37.2 Å². The standard InChI is InChI=1S/C17H21N3O3/c1-23-16-7-15(12-21)19(11-16)14-8-17(22)20(18-9-14)10-13-5-3-2-4-6-13/h2-6,8-9,15-16,21H,7,10-12H2,1H3/t15-,16-/m0/s1. The molecular weight excluding hydrogens is 294 g/mol. The summed E-state index contributed by atoms with van der Waals surface area (Å²) in [6.45, 7) is 1.14. The van der Waals surface area contributed by atoms with Crippen LogP contribution in [0.15, 0.2) is 47.4 Å². The molecule has 2 heterocycles. The van der Waals surface area contributed by atoms with Gasteiger partial charge in [0.1, 0.15) is 0 Å². The summed E-state index contributed by atoms with van der Waals surface area (Å²) in [6.07, 6.45) is 2.50. The Bertz CT molecular complexity index is 702. The lowest BCUT2D eigenvalue weighted by atomic mass is 10.2. The van der Waals surface area contributed by atoms with Gasteiger partial charge >= 0.3 is 0 Å². The molecule has 2 atom stereocenters. The van der Waals surface area contributed by atoms with Crippen LogP contribution in [0.2, 0.25) is 0 Å². The number of nitrogens with zero attached hydrogens (tertiary/aromatic N) is 3. The molecule has 0 amide bonds. The normalized spacial score (nSPS) is 20.9. The molecule has 0 unspecified atom stereocenters. The first kappa shape index (κ1) is 15.7. The first-order valence-electron chi connectivity index (χ1n) is 7.72. The summed E-state index contributed by atoms with van der Waals surface area (Å²) >= 11 is 0. The highest BCUT2D eigenvalue weighted by atomic mass is 16.5. The van der Waals surface area contributed by atoms with E-state index in [4.69, 9.17) is 4.74 Å². The molecule has 1 aromatic carbocycles. The molecular formula is C17H21N3O3. The van der Waals surface area contributed by atoms with Crippen molar-refractivity contribution in [1.82, 2.24) is 9.78 Å². The van der Waals surface area contributed by atoms with Crippen molar-refractivity contribution in [3.05, 3.63) is 58.5 Å². The Morgan fingerprint density at radius 2 is 2.13 bits per heavy atom. The molecule has 6 heteroatoms. The van der Waals surface area contributed by atoms with E-state index in [2.05, 4.69) is 5.10 Å². The molecule has 122 valence electrons. The van der Waals surface area contributed by atoms with Crippen molar-refractivity contribution in [2.75, 3.05) is 25.2 Å². The molecule has 6 nitrogen and oxygen atoms in total. The zero-order chi connectivity index (χ0) is 16.2. The van der Waals surface area contributed by atoms with E-state index in [0.29, 0.717) is 13.1 Å². The molecule has 1 aromatic heterocycles. The van der Waals surface area contributed by atoms with E-state index in [-0.39, 0.29) is 24.3 Å². The van der Waals surface area contributed by atoms with Crippen molar-refractivity contribution < 1.29 is 9.84 Å². The van der Waals surface area contributed by atoms with Gasteiger partial charge in [-0.2, -0.15) is 5.10 Å². The average Bonchev–Trinajstić information content (AvgIpc) is 3.01. The Morgan fingerprint density at radius 1 is 1.35 bits per heavy atom. The summed E-state index contributed by atoms with van der Waals surface area (Å²) in [4.78, 5) is 14.3. The number of aliphatic hydroxyl groups is 1. The smallest absolute Gasteiger partial charge is 0.269 e. The highest BCUT2D eigenvalue weighted by Gasteiger charge is 2.32. The summed E-state index contributed by atoms with van der Waals surface area (Å²) in [5.41, 5.74) is 1.62. The predicted octanol–water partition coefficient (Wildman–Crippen LogP) is 0.878. The van der Waals surface area contributed by atoms with Gasteiger partial charge in [-0.05, 0) is 12.0 Å². The Hall–Kier alpha value is -2.18. The zero-order valence-electron chi connectivity index (χ0n) is 13.1. The molecule has 1 N–H and O–H groups in total. The largest absolute Gasteiger partial charge is 0.394 e. The highest BCUT2D eigenvalue weighted by Crippen LogP contribution is 2.25. The third-order valence-electron chi connectivity index (χ3n) is 4.28. The second kappa shape index (κ2) is 6.93. The molecule has 3 rings (SSSR count). The summed E-state index contributed by atoms with van der Waals surface area (Å²) in [7, 11) is 1.67. The van der Waals surface area contributed by atoms with Gasteiger partial charge in [0.25, 0.3) is 5.56 Å². The number of anilines is 1. The lowest BCUT2D eigenvalue weighted by Crippen LogP contribution is -2.34. The number of rotatable bonds is 5. The number of aliphatic hydroxyl groups excluding tert-OH is 1. The number of hydrogen-bond donors (Lipinski definition) is 1. The van der Waals surface area contributed by atoms with Crippen molar-refractivity contribution in [3.8, 4) is 0 Å². The second-order valence-corrected chi connectivity index (χ2v) is 5.78. The van der Waals surface area contributed by atoms with E-state index in [1.807, 2.05) is 35.2 Å². The molecule has 0 aliphatic carbocycles. The Balaban J connectivity index is 1.80. The van der Waals surface area contributed by atoms with Gasteiger partial charge in [0, 0.05) is 19.7 Å². The topological polar surface area (TPSA) is 67.6 Å². The maximum Gasteiger partial charge on any atom is 0.269 e. The van der Waals surface area contributed by atoms with Gasteiger partial charge in [0.2, 0.25) is 0 Å². The third-order valence-corrected chi connectivity index (χ3v) is 4.28. The van der Waals surface area contributed by atoms with Gasteiger partial charge in [-0.1, -0.05) is 30.3 Å². The van der Waals surface area contributed by atoms with Crippen LogP contribution in [-0.2, 0) is 11.3 Å². The van der Waals surface area contributed by atoms with E-state index >= 15 is 0 Å². The first-order chi connectivity index (χ1) is 11.2. The van der Waals surface area contributed by atoms with Crippen LogP contribution < -0.4 is 10.5 Å². The van der Waals surface area contributed by atoms with Crippen molar-refractivity contribution in [3.63, 3.8) is 0 Å². The van der Waals surface area contributed by atoms with Crippen LogP contribution in [0.1, 0.15) is 12.0 Å². The van der Waals surface area contributed by atoms with Crippen molar-refractivity contribution in [2.45, 2.75) is 25.1 Å². The Kier molecular flexibility index (Phi) is 4.73. The highest BCUT2D eigenvalue weighted by molar-refractivity contribution is 5.46. The maximum absolute atomic E-state index is 12.3. The Labute approximate surface area is 134 Å². The minimum Gasteiger partial charge on any atom is -0.394 e. The quantitative estimate of drug-likeness (QED) is 0.887. The van der Waals surface area contributed by atoms with Crippen molar-refractivity contribution in [1.29, 1.82) is 0 Å². The molecule has 1 aliphatic heterocycles. The fourth-order valence-corrected chi connectivity index (χ4v) is 2.99. The molecule has 0 saturated carbocycles. The number of aromatic nitrogens is 2. The zero-order valence-corrected chi connectivity index (χ0v) is 13.1. The monoisotopic (exact) mass is 315 g/mol. The van der Waals surface area contributed by atoms with Crippen LogP contribution >= 0.6 is 0 Å². The lowest BCUT2D eigenvalue weighted by Gasteiger charge is -2.24. The molecule has 0 bridgehead atoms. The minimum absolute atomic E-state index is 0.0347. The molecule has 2 aromatic rings. The molecule has 0 spiro atoms. The molecule has 0 radical (unpaired) electrons. The lowest BCUT2D eigenvalue weighted by molar-refractivity contribution is 0.115. The van der Waals surface area contributed by atoms with Crippen LogP contribution in [0.4, 0.5) is 5.69 Å². The third kappa shape index (κ3) is 3.43. The SMILES string of the molecule is CO[C@H]1C[C@@H](CO)N(c2cnn(Cc3ccccc3)c(=O)c2)C1. The van der Waals surface area contributed by atoms with E-state index in [1.54, 1.807) is 19.4 Å². The first-order valence-corrected chi connectivity index (χ1v) is 7.72. The molecule has 1 aliphatic rings. The second-order valence-electron chi connectivity index (χ2n) is 5.78. The van der Waals surface area contributed by atoms with Crippen LogP contribution in [0, 0.1) is 0 Å². The summed E-state index contributed by atoms with van der Waals surface area (Å²) in [6, 6.07) is 11.3. The number of ether oxygens (including phenoxy) is 1. The summed E-state index contributed by atoms with van der Waals surface area (Å²) in [5, 5.41) is 13.8. The summed E-state index contributed by atoms with van der Waals surface area (Å²) < 4.78 is 6.81. The molecule has 23 heavy (non-hydrogen) atoms. The van der Waals surface area contributed by atoms with Crippen LogP contribution in [0.3, 0.4) is 0 Å². The molecule has 1 saturated heterocycles. The Morgan fingerprint density at radius 3 is 2.78 bits per heavy atom. The van der Waals surface area contributed by atoms with Gasteiger partial charge < -0.3 is 14.7 Å². The van der Waals surface area contributed by atoms with Crippen molar-refractivity contribution >= 4 is 5.69 Å². The van der Waals surface area contributed by atoms with Gasteiger partial charge in [-0.3, -0.25) is 4.79 Å². The van der Waals surface area contributed by atoms with Crippen LogP contribution in [0.25, 0.3) is 0 Å². The maximum atomic E-state index is 12.3. The van der Waals surface area contributed by atoms with Gasteiger partial charge in [0.15, 0.2) is 0 Å². The van der Waals surface area contributed by atoms with Gasteiger partial charge in [-0.15, -0.1) is 0 Å². The van der Waals surface area contributed by atoms with E-state index in [9.17, 15) is 9.90 Å². The van der Waals surface area contributed by atoms with E-state index in [0.717, 1.165) is 17.7 Å². The fourth-order valence-electron chi connectivity index (χ4n) is 2.99. The van der Waals surface area contributed by atoms with Crippen LogP contribution in [0.5, 0.6) is 0 Å². The number of benzene rings is 1. The van der Waals surface area contributed by atoms with Crippen molar-refractivity contribution in [2.24, 2.45) is 0 Å². The number of hydrogen-bond acceptors (Lipinski definition) is 5.